The quantitative estimate of drug-likeness (QED) is 0.913. The molecular formula is C12H13FO4S. The van der Waals surface area contributed by atoms with Crippen LogP contribution < -0.4 is 0 Å². The zero-order valence-corrected chi connectivity index (χ0v) is 10.4. The predicted molar refractivity (Wildman–Crippen MR) is 62.4 cm³/mol. The fourth-order valence-corrected chi connectivity index (χ4v) is 4.48. The molecule has 0 atom stereocenters. The summed E-state index contributed by atoms with van der Waals surface area (Å²) in [6, 6.07) is 4.90. The summed E-state index contributed by atoms with van der Waals surface area (Å²) in [5, 5.41) is 9.25. The summed E-state index contributed by atoms with van der Waals surface area (Å²) in [7, 11) is -4.20. The minimum atomic E-state index is -4.20. The van der Waals surface area contributed by atoms with Crippen LogP contribution in [0, 0.1) is 5.82 Å². The van der Waals surface area contributed by atoms with Gasteiger partial charge in [-0.05, 0) is 25.0 Å². The summed E-state index contributed by atoms with van der Waals surface area (Å²) in [5.41, 5.74) is 0. The standard InChI is InChI=1S/C12H13FO4S/c13-9-5-1-2-6-10(9)18(16,17)12(11(14)15)7-3-4-8-12/h1-2,5-6H,3-4,7-8H2,(H,14,15). The van der Waals surface area contributed by atoms with Gasteiger partial charge < -0.3 is 5.11 Å². The second-order valence-corrected chi connectivity index (χ2v) is 6.67. The van der Waals surface area contributed by atoms with Crippen molar-refractivity contribution in [1.29, 1.82) is 0 Å². The molecule has 0 aliphatic heterocycles. The fraction of sp³-hybridized carbons (Fsp3) is 0.417. The summed E-state index contributed by atoms with van der Waals surface area (Å²) in [6.07, 6.45) is 1.14. The van der Waals surface area contributed by atoms with Crippen LogP contribution in [-0.2, 0) is 14.6 Å². The van der Waals surface area contributed by atoms with Crippen LogP contribution in [0.2, 0.25) is 0 Å². The Hall–Kier alpha value is -1.43. The Bertz CT molecular complexity index is 573. The first-order valence-electron chi connectivity index (χ1n) is 5.64. The Morgan fingerprint density at radius 2 is 1.78 bits per heavy atom. The molecule has 18 heavy (non-hydrogen) atoms. The van der Waals surface area contributed by atoms with Crippen LogP contribution in [0.1, 0.15) is 25.7 Å². The SMILES string of the molecule is O=C(O)C1(S(=O)(=O)c2ccccc2F)CCCC1. The molecule has 1 saturated carbocycles. The fourth-order valence-electron chi connectivity index (χ4n) is 2.42. The molecule has 6 heteroatoms. The molecule has 0 unspecified atom stereocenters. The number of sulfone groups is 1. The van der Waals surface area contributed by atoms with Gasteiger partial charge >= 0.3 is 5.97 Å². The van der Waals surface area contributed by atoms with E-state index in [-0.39, 0.29) is 12.8 Å². The number of aliphatic carboxylic acids is 1. The second-order valence-electron chi connectivity index (χ2n) is 4.44. The summed E-state index contributed by atoms with van der Waals surface area (Å²) in [5.74, 6) is -2.28. The van der Waals surface area contributed by atoms with E-state index in [1.165, 1.54) is 12.1 Å². The van der Waals surface area contributed by atoms with Crippen LogP contribution in [0.3, 0.4) is 0 Å². The Labute approximate surface area is 104 Å². The van der Waals surface area contributed by atoms with Gasteiger partial charge in [0.1, 0.15) is 10.7 Å². The number of carbonyl (C=O) groups is 1. The third-order valence-electron chi connectivity index (χ3n) is 3.44. The molecular weight excluding hydrogens is 259 g/mol. The van der Waals surface area contributed by atoms with Gasteiger partial charge in [0.25, 0.3) is 0 Å². The molecule has 1 N–H and O–H groups in total. The van der Waals surface area contributed by atoms with Crippen LogP contribution in [0.15, 0.2) is 29.2 Å². The Balaban J connectivity index is 2.61. The van der Waals surface area contributed by atoms with Gasteiger partial charge in [0.05, 0.1) is 0 Å². The summed E-state index contributed by atoms with van der Waals surface area (Å²) in [6.45, 7) is 0. The normalized spacial score (nSPS) is 18.7. The molecule has 0 heterocycles. The largest absolute Gasteiger partial charge is 0.480 e. The molecule has 0 amide bonds. The van der Waals surface area contributed by atoms with Crippen molar-refractivity contribution in [3.8, 4) is 0 Å². The van der Waals surface area contributed by atoms with Crippen molar-refractivity contribution in [2.45, 2.75) is 35.3 Å². The van der Waals surface area contributed by atoms with E-state index in [2.05, 4.69) is 0 Å². The van der Waals surface area contributed by atoms with Gasteiger partial charge in [0.15, 0.2) is 14.6 Å². The highest BCUT2D eigenvalue weighted by Gasteiger charge is 2.54. The second kappa shape index (κ2) is 4.35. The number of carboxylic acid groups (broad SMARTS) is 1. The topological polar surface area (TPSA) is 71.4 Å². The lowest BCUT2D eigenvalue weighted by molar-refractivity contribution is -0.139. The van der Waals surface area contributed by atoms with E-state index >= 15 is 0 Å². The average Bonchev–Trinajstić information content (AvgIpc) is 2.79. The monoisotopic (exact) mass is 272 g/mol. The smallest absolute Gasteiger partial charge is 0.325 e. The molecule has 1 aliphatic carbocycles. The predicted octanol–water partition coefficient (Wildman–Crippen LogP) is 2.00. The maximum absolute atomic E-state index is 13.6. The van der Waals surface area contributed by atoms with E-state index in [1.807, 2.05) is 0 Å². The molecule has 0 saturated heterocycles. The minimum absolute atomic E-state index is 0.0407. The minimum Gasteiger partial charge on any atom is -0.480 e. The Kier molecular flexibility index (Phi) is 3.14. The molecule has 0 spiro atoms. The van der Waals surface area contributed by atoms with Crippen LogP contribution in [0.25, 0.3) is 0 Å². The van der Waals surface area contributed by atoms with Gasteiger partial charge in [-0.1, -0.05) is 25.0 Å². The molecule has 1 aliphatic rings. The summed E-state index contributed by atoms with van der Waals surface area (Å²) in [4.78, 5) is 10.8. The van der Waals surface area contributed by atoms with Crippen LogP contribution in [-0.4, -0.2) is 24.2 Å². The molecule has 0 bridgehead atoms. The van der Waals surface area contributed by atoms with Crippen molar-refractivity contribution in [1.82, 2.24) is 0 Å². The lowest BCUT2D eigenvalue weighted by Gasteiger charge is -2.24. The van der Waals surface area contributed by atoms with E-state index in [1.54, 1.807) is 0 Å². The molecule has 2 rings (SSSR count). The maximum Gasteiger partial charge on any atom is 0.325 e. The van der Waals surface area contributed by atoms with Gasteiger partial charge in [0.2, 0.25) is 0 Å². The number of hydrogen-bond acceptors (Lipinski definition) is 3. The maximum atomic E-state index is 13.6. The van der Waals surface area contributed by atoms with Gasteiger partial charge in [-0.3, -0.25) is 4.79 Å². The molecule has 1 aromatic carbocycles. The molecule has 1 aromatic rings. The van der Waals surface area contributed by atoms with Crippen molar-refractivity contribution in [2.24, 2.45) is 0 Å². The Morgan fingerprint density at radius 1 is 1.22 bits per heavy atom. The van der Waals surface area contributed by atoms with Gasteiger partial charge in [-0.2, -0.15) is 0 Å². The van der Waals surface area contributed by atoms with Crippen molar-refractivity contribution in [3.63, 3.8) is 0 Å². The Morgan fingerprint density at radius 3 is 2.28 bits per heavy atom. The molecule has 1 fully saturated rings. The van der Waals surface area contributed by atoms with E-state index < -0.39 is 31.3 Å². The third kappa shape index (κ3) is 1.71. The van der Waals surface area contributed by atoms with Crippen LogP contribution >= 0.6 is 0 Å². The average molecular weight is 272 g/mol. The number of rotatable bonds is 3. The first-order chi connectivity index (χ1) is 8.42. The lowest BCUT2D eigenvalue weighted by atomic mass is 10.1. The van der Waals surface area contributed by atoms with Crippen molar-refractivity contribution < 1.29 is 22.7 Å². The zero-order valence-electron chi connectivity index (χ0n) is 9.60. The van der Waals surface area contributed by atoms with Crippen LogP contribution in [0.5, 0.6) is 0 Å². The van der Waals surface area contributed by atoms with E-state index in [4.69, 9.17) is 0 Å². The number of hydrogen-bond donors (Lipinski definition) is 1. The van der Waals surface area contributed by atoms with E-state index in [0.29, 0.717) is 12.8 Å². The summed E-state index contributed by atoms with van der Waals surface area (Å²) < 4.78 is 36.5. The van der Waals surface area contributed by atoms with E-state index in [9.17, 15) is 22.7 Å². The zero-order chi connectivity index (χ0) is 13.4. The lowest BCUT2D eigenvalue weighted by Crippen LogP contribution is -2.44. The first-order valence-corrected chi connectivity index (χ1v) is 7.13. The van der Waals surface area contributed by atoms with Crippen molar-refractivity contribution in [2.75, 3.05) is 0 Å². The molecule has 4 nitrogen and oxygen atoms in total. The van der Waals surface area contributed by atoms with Crippen molar-refractivity contribution in [3.05, 3.63) is 30.1 Å². The highest BCUT2D eigenvalue weighted by atomic mass is 32.2. The van der Waals surface area contributed by atoms with Gasteiger partial charge in [-0.25, -0.2) is 12.8 Å². The number of halogens is 1. The number of carboxylic acids is 1. The number of benzene rings is 1. The molecule has 0 radical (unpaired) electrons. The molecule has 0 aromatic heterocycles. The highest BCUT2D eigenvalue weighted by molar-refractivity contribution is 7.93. The van der Waals surface area contributed by atoms with Crippen LogP contribution in [0.4, 0.5) is 4.39 Å². The molecule has 98 valence electrons. The first kappa shape index (κ1) is 13.0. The third-order valence-corrected chi connectivity index (χ3v) is 5.96. The summed E-state index contributed by atoms with van der Waals surface area (Å²) >= 11 is 0. The van der Waals surface area contributed by atoms with Gasteiger partial charge in [0, 0.05) is 0 Å². The van der Waals surface area contributed by atoms with E-state index in [0.717, 1.165) is 12.1 Å². The highest BCUT2D eigenvalue weighted by Crippen LogP contribution is 2.41. The van der Waals surface area contributed by atoms with Crippen molar-refractivity contribution >= 4 is 15.8 Å². The van der Waals surface area contributed by atoms with Gasteiger partial charge in [-0.15, -0.1) is 0 Å².